The summed E-state index contributed by atoms with van der Waals surface area (Å²) in [6.07, 6.45) is -10.3. The zero-order valence-corrected chi connectivity index (χ0v) is 16.3. The molecule has 3 aromatic rings. The second-order valence-corrected chi connectivity index (χ2v) is 7.62. The molecule has 0 radical (unpaired) electrons. The fourth-order valence-electron chi connectivity index (χ4n) is 3.57. The number of hydrogen-bond acceptors (Lipinski definition) is 6. The molecule has 0 spiro atoms. The van der Waals surface area contributed by atoms with Gasteiger partial charge in [-0.25, -0.2) is 9.97 Å². The lowest BCUT2D eigenvalue weighted by atomic mass is 9.84. The van der Waals surface area contributed by atoms with Crippen molar-refractivity contribution >= 4 is 34.2 Å². The minimum atomic E-state index is -5.24. The SMILES string of the molecule is O[C@@H]1[C@H](O)C(C(O)(c2ccc(Cl)cc2)C(F)(F)F)O[C@H]1n1ccc2c(Cl)ncnc21. The van der Waals surface area contributed by atoms with E-state index in [4.69, 9.17) is 27.9 Å². The fourth-order valence-corrected chi connectivity index (χ4v) is 3.89. The average Bonchev–Trinajstić information content (AvgIpc) is 3.24. The third kappa shape index (κ3) is 3.15. The molecule has 1 aromatic carbocycles. The molecule has 12 heteroatoms. The van der Waals surface area contributed by atoms with Gasteiger partial charge in [-0.1, -0.05) is 35.3 Å². The van der Waals surface area contributed by atoms with Crippen LogP contribution >= 0.6 is 23.2 Å². The lowest BCUT2D eigenvalue weighted by Gasteiger charge is -2.37. The number of rotatable bonds is 3. The second kappa shape index (κ2) is 7.33. The smallest absolute Gasteiger partial charge is 0.387 e. The molecule has 3 N–H and O–H groups in total. The fraction of sp³-hybridized carbons (Fsp3) is 0.333. The lowest BCUT2D eigenvalue weighted by molar-refractivity contribution is -0.310. The Morgan fingerprint density at radius 1 is 1.00 bits per heavy atom. The number of aromatic nitrogens is 3. The van der Waals surface area contributed by atoms with Crippen LogP contribution in [0, 0.1) is 0 Å². The van der Waals surface area contributed by atoms with E-state index in [-0.39, 0.29) is 15.8 Å². The van der Waals surface area contributed by atoms with Crippen molar-refractivity contribution in [2.45, 2.75) is 36.3 Å². The van der Waals surface area contributed by atoms with Crippen LogP contribution in [0.2, 0.25) is 10.2 Å². The summed E-state index contributed by atoms with van der Waals surface area (Å²) in [4.78, 5) is 7.81. The van der Waals surface area contributed by atoms with E-state index in [1.165, 1.54) is 29.0 Å². The molecular formula is C18H14Cl2F3N3O4. The van der Waals surface area contributed by atoms with Crippen LogP contribution in [0.25, 0.3) is 11.0 Å². The Morgan fingerprint density at radius 2 is 1.67 bits per heavy atom. The van der Waals surface area contributed by atoms with E-state index in [9.17, 15) is 28.5 Å². The standard InChI is InChI=1S/C18H14Cl2F3N3O4/c19-9-3-1-8(2-4-9)17(29,18(21,22)23)13-11(27)12(28)16(30-13)26-6-5-10-14(20)24-7-25-15(10)26/h1-7,11-13,16,27-29H/t11-,12+,13?,16+,17?/m0/s1. The maximum absolute atomic E-state index is 14.0. The van der Waals surface area contributed by atoms with E-state index >= 15 is 0 Å². The number of ether oxygens (including phenoxy) is 1. The summed E-state index contributed by atoms with van der Waals surface area (Å²) in [7, 11) is 0. The van der Waals surface area contributed by atoms with E-state index in [2.05, 4.69) is 9.97 Å². The Hall–Kier alpha value is -1.95. The number of fused-ring (bicyclic) bond motifs is 1. The quantitative estimate of drug-likeness (QED) is 0.516. The minimum absolute atomic E-state index is 0.0938. The van der Waals surface area contributed by atoms with Gasteiger partial charge in [0.05, 0.1) is 5.39 Å². The topological polar surface area (TPSA) is 101 Å². The monoisotopic (exact) mass is 463 g/mol. The van der Waals surface area contributed by atoms with Crippen molar-refractivity contribution in [2.24, 2.45) is 0 Å². The Morgan fingerprint density at radius 3 is 2.30 bits per heavy atom. The molecule has 1 aliphatic rings. The number of aliphatic hydroxyl groups excluding tert-OH is 2. The molecule has 30 heavy (non-hydrogen) atoms. The van der Waals surface area contributed by atoms with Gasteiger partial charge in [0.2, 0.25) is 5.60 Å². The van der Waals surface area contributed by atoms with Crippen molar-refractivity contribution in [2.75, 3.05) is 0 Å². The van der Waals surface area contributed by atoms with E-state index in [1.807, 2.05) is 0 Å². The Balaban J connectivity index is 1.78. The molecule has 1 saturated heterocycles. The van der Waals surface area contributed by atoms with Gasteiger partial charge in [-0.05, 0) is 23.8 Å². The first kappa shape index (κ1) is 21.3. The Bertz CT molecular complexity index is 1080. The lowest BCUT2D eigenvalue weighted by Crippen LogP contribution is -2.56. The van der Waals surface area contributed by atoms with Gasteiger partial charge in [-0.2, -0.15) is 13.2 Å². The highest BCUT2D eigenvalue weighted by Crippen LogP contribution is 2.48. The molecular weight excluding hydrogens is 450 g/mol. The number of halogens is 5. The maximum atomic E-state index is 14.0. The first-order valence-corrected chi connectivity index (χ1v) is 9.35. The molecule has 1 fully saturated rings. The summed E-state index contributed by atoms with van der Waals surface area (Å²) in [5.41, 5.74) is -4.05. The van der Waals surface area contributed by atoms with Crippen LogP contribution in [-0.4, -0.2) is 54.3 Å². The van der Waals surface area contributed by atoms with Crippen molar-refractivity contribution in [1.82, 2.24) is 14.5 Å². The molecule has 5 atom stereocenters. The molecule has 7 nitrogen and oxygen atoms in total. The predicted molar refractivity (Wildman–Crippen MR) is 99.9 cm³/mol. The van der Waals surface area contributed by atoms with Crippen LogP contribution in [0.1, 0.15) is 11.8 Å². The first-order chi connectivity index (χ1) is 14.1. The van der Waals surface area contributed by atoms with Crippen LogP contribution in [-0.2, 0) is 10.3 Å². The maximum Gasteiger partial charge on any atom is 0.424 e. The average molecular weight is 464 g/mol. The first-order valence-electron chi connectivity index (χ1n) is 8.59. The van der Waals surface area contributed by atoms with E-state index in [1.54, 1.807) is 0 Å². The van der Waals surface area contributed by atoms with Crippen molar-refractivity contribution < 1.29 is 33.2 Å². The number of hydrogen-bond donors (Lipinski definition) is 3. The third-order valence-corrected chi connectivity index (χ3v) is 5.65. The predicted octanol–water partition coefficient (Wildman–Crippen LogP) is 2.81. The molecule has 4 rings (SSSR count). The minimum Gasteiger partial charge on any atom is -0.387 e. The number of benzene rings is 1. The summed E-state index contributed by atoms with van der Waals surface area (Å²) in [6.45, 7) is 0. The van der Waals surface area contributed by atoms with Gasteiger partial charge in [0.1, 0.15) is 35.4 Å². The molecule has 3 heterocycles. The van der Waals surface area contributed by atoms with Gasteiger partial charge in [-0.15, -0.1) is 0 Å². The normalized spacial score (nSPS) is 26.8. The van der Waals surface area contributed by atoms with Gasteiger partial charge in [0.15, 0.2) is 6.23 Å². The molecule has 0 saturated carbocycles. The molecule has 0 aliphatic carbocycles. The number of alkyl halides is 3. The van der Waals surface area contributed by atoms with Crippen LogP contribution in [0.4, 0.5) is 13.2 Å². The van der Waals surface area contributed by atoms with Gasteiger partial charge in [0, 0.05) is 11.2 Å². The molecule has 0 amide bonds. The van der Waals surface area contributed by atoms with Crippen molar-refractivity contribution in [1.29, 1.82) is 0 Å². The summed E-state index contributed by atoms with van der Waals surface area (Å²) in [5, 5.41) is 32.3. The highest BCUT2D eigenvalue weighted by molar-refractivity contribution is 6.33. The summed E-state index contributed by atoms with van der Waals surface area (Å²) < 4.78 is 48.7. The van der Waals surface area contributed by atoms with Crippen molar-refractivity contribution in [3.63, 3.8) is 0 Å². The van der Waals surface area contributed by atoms with Crippen molar-refractivity contribution in [3.05, 3.63) is 58.6 Å². The molecule has 1 aliphatic heterocycles. The summed E-state index contributed by atoms with van der Waals surface area (Å²) in [5.74, 6) is 0. The number of aliphatic hydroxyl groups is 3. The molecule has 2 unspecified atom stereocenters. The van der Waals surface area contributed by atoms with Crippen LogP contribution in [0.15, 0.2) is 42.9 Å². The molecule has 160 valence electrons. The van der Waals surface area contributed by atoms with E-state index in [0.717, 1.165) is 18.5 Å². The van der Waals surface area contributed by atoms with Gasteiger partial charge >= 0.3 is 6.18 Å². The largest absolute Gasteiger partial charge is 0.424 e. The highest BCUT2D eigenvalue weighted by atomic mass is 35.5. The zero-order chi connectivity index (χ0) is 21.8. The molecule has 0 bridgehead atoms. The Kier molecular flexibility index (Phi) is 5.20. The summed E-state index contributed by atoms with van der Waals surface area (Å²) >= 11 is 11.7. The van der Waals surface area contributed by atoms with Crippen molar-refractivity contribution in [3.8, 4) is 0 Å². The van der Waals surface area contributed by atoms with Gasteiger partial charge < -0.3 is 24.6 Å². The molecule has 2 aromatic heterocycles. The number of nitrogens with zero attached hydrogens (tertiary/aromatic N) is 3. The van der Waals surface area contributed by atoms with E-state index in [0.29, 0.717) is 5.39 Å². The second-order valence-electron chi connectivity index (χ2n) is 6.82. The summed E-state index contributed by atoms with van der Waals surface area (Å²) in [6, 6.07) is 5.78. The van der Waals surface area contributed by atoms with Gasteiger partial charge in [-0.3, -0.25) is 0 Å². The van der Waals surface area contributed by atoms with Crippen LogP contribution in [0.5, 0.6) is 0 Å². The van der Waals surface area contributed by atoms with Gasteiger partial charge in [0.25, 0.3) is 0 Å². The zero-order valence-electron chi connectivity index (χ0n) is 14.8. The van der Waals surface area contributed by atoms with E-state index < -0.39 is 41.9 Å². The van der Waals surface area contributed by atoms with Crippen LogP contribution < -0.4 is 0 Å². The Labute approximate surface area is 177 Å². The van der Waals surface area contributed by atoms with Crippen LogP contribution in [0.3, 0.4) is 0 Å². The third-order valence-electron chi connectivity index (χ3n) is 5.10. The highest BCUT2D eigenvalue weighted by Gasteiger charge is 2.66.